The summed E-state index contributed by atoms with van der Waals surface area (Å²) in [6, 6.07) is 6.62. The highest BCUT2D eigenvalue weighted by Gasteiger charge is 2.12. The van der Waals surface area contributed by atoms with Crippen molar-refractivity contribution < 1.29 is 9.90 Å². The Morgan fingerprint density at radius 2 is 2.18 bits per heavy atom. The van der Waals surface area contributed by atoms with Crippen LogP contribution in [0.2, 0.25) is 0 Å². The second-order valence-electron chi connectivity index (χ2n) is 3.57. The summed E-state index contributed by atoms with van der Waals surface area (Å²) < 4.78 is 0.760. The predicted molar refractivity (Wildman–Crippen MR) is 68.1 cm³/mol. The van der Waals surface area contributed by atoms with Crippen LogP contribution in [0.3, 0.4) is 0 Å². The Bertz CT molecular complexity index is 516. The molecule has 5 heteroatoms. The van der Waals surface area contributed by atoms with E-state index in [0.717, 1.165) is 4.47 Å². The molecule has 0 radical (unpaired) electrons. The van der Waals surface area contributed by atoms with Crippen molar-refractivity contribution >= 4 is 27.9 Å². The summed E-state index contributed by atoms with van der Waals surface area (Å²) in [4.78, 5) is 12.9. The number of nitrogens with zero attached hydrogens (tertiary/aromatic N) is 2. The highest BCUT2D eigenvalue weighted by atomic mass is 79.9. The van der Waals surface area contributed by atoms with Crippen molar-refractivity contribution in [1.82, 2.24) is 4.90 Å². The molecule has 1 amide bonds. The Kier molecular flexibility index (Phi) is 4.30. The van der Waals surface area contributed by atoms with Crippen LogP contribution in [0.5, 0.6) is 5.75 Å². The molecule has 0 spiro atoms. The van der Waals surface area contributed by atoms with Gasteiger partial charge >= 0.3 is 0 Å². The highest BCUT2D eigenvalue weighted by molar-refractivity contribution is 9.10. The smallest absolute Gasteiger partial charge is 0.264 e. The molecule has 1 N–H and O–H groups in total. The van der Waals surface area contributed by atoms with Gasteiger partial charge in [0, 0.05) is 24.1 Å². The third-order valence-electron chi connectivity index (χ3n) is 2.05. The maximum atomic E-state index is 11.6. The number of phenolic OH excluding ortho intramolecular Hbond substituents is 1. The summed E-state index contributed by atoms with van der Waals surface area (Å²) >= 11 is 3.26. The summed E-state index contributed by atoms with van der Waals surface area (Å²) in [5.41, 5.74) is 0.398. The molecule has 0 saturated heterocycles. The number of carbonyl (C=O) groups excluding carboxylic acids is 1. The van der Waals surface area contributed by atoms with Gasteiger partial charge in [0.05, 0.1) is 0 Å². The average Bonchev–Trinajstić information content (AvgIpc) is 2.29. The zero-order valence-electron chi connectivity index (χ0n) is 9.44. The molecule has 0 fully saturated rings. The molecule has 1 rings (SSSR count). The number of carbonyl (C=O) groups is 1. The van der Waals surface area contributed by atoms with Crippen molar-refractivity contribution in [1.29, 1.82) is 5.26 Å². The second-order valence-corrected chi connectivity index (χ2v) is 4.49. The summed E-state index contributed by atoms with van der Waals surface area (Å²) in [7, 11) is 3.13. The largest absolute Gasteiger partial charge is 0.507 e. The quantitative estimate of drug-likeness (QED) is 0.671. The molecule has 0 unspecified atom stereocenters. The lowest BCUT2D eigenvalue weighted by atomic mass is 10.1. The molecule has 0 aliphatic carbocycles. The van der Waals surface area contributed by atoms with Gasteiger partial charge in [-0.3, -0.25) is 4.79 Å². The fourth-order valence-electron chi connectivity index (χ4n) is 1.18. The highest BCUT2D eigenvalue weighted by Crippen LogP contribution is 2.24. The number of amides is 1. The van der Waals surface area contributed by atoms with Crippen LogP contribution in [0.1, 0.15) is 5.56 Å². The van der Waals surface area contributed by atoms with Crippen LogP contribution in [-0.2, 0) is 4.79 Å². The standard InChI is InChI=1S/C12H11BrN2O2/c1-15(2)12(17)9(7-14)5-8-6-10(13)3-4-11(8)16/h3-6,16H,1-2H3/b9-5-. The first kappa shape index (κ1) is 13.3. The summed E-state index contributed by atoms with van der Waals surface area (Å²) in [5, 5.41) is 18.5. The van der Waals surface area contributed by atoms with Crippen molar-refractivity contribution in [2.45, 2.75) is 0 Å². The van der Waals surface area contributed by atoms with Crippen LogP contribution in [0, 0.1) is 11.3 Å². The zero-order chi connectivity index (χ0) is 13.0. The lowest BCUT2D eigenvalue weighted by Crippen LogP contribution is -2.22. The summed E-state index contributed by atoms with van der Waals surface area (Å²) in [6.07, 6.45) is 1.36. The van der Waals surface area contributed by atoms with Gasteiger partial charge in [-0.1, -0.05) is 15.9 Å². The van der Waals surface area contributed by atoms with Gasteiger partial charge in [-0.25, -0.2) is 0 Å². The van der Waals surface area contributed by atoms with E-state index in [0.29, 0.717) is 5.56 Å². The van der Waals surface area contributed by atoms with Crippen LogP contribution in [0.15, 0.2) is 28.2 Å². The summed E-state index contributed by atoms with van der Waals surface area (Å²) in [6.45, 7) is 0. The molecule has 1 aromatic rings. The van der Waals surface area contributed by atoms with Gasteiger partial charge in [0.1, 0.15) is 17.4 Å². The van der Waals surface area contributed by atoms with Crippen molar-refractivity contribution in [3.8, 4) is 11.8 Å². The van der Waals surface area contributed by atoms with E-state index < -0.39 is 5.91 Å². The first-order valence-electron chi connectivity index (χ1n) is 4.77. The minimum atomic E-state index is -0.396. The van der Waals surface area contributed by atoms with Crippen LogP contribution >= 0.6 is 15.9 Å². The van der Waals surface area contributed by atoms with E-state index in [1.165, 1.54) is 17.0 Å². The van der Waals surface area contributed by atoms with Gasteiger partial charge < -0.3 is 10.0 Å². The van der Waals surface area contributed by atoms with Gasteiger partial charge in [0.25, 0.3) is 5.91 Å². The van der Waals surface area contributed by atoms with Gasteiger partial charge in [-0.05, 0) is 24.3 Å². The minimum Gasteiger partial charge on any atom is -0.507 e. The molecule has 0 aromatic heterocycles. The van der Waals surface area contributed by atoms with E-state index in [-0.39, 0.29) is 11.3 Å². The van der Waals surface area contributed by atoms with Gasteiger partial charge in [0.2, 0.25) is 0 Å². The number of likely N-dealkylation sites (N-methyl/N-ethyl adjacent to an activating group) is 1. The number of halogens is 1. The molecular weight excluding hydrogens is 284 g/mol. The topological polar surface area (TPSA) is 64.3 Å². The Balaban J connectivity index is 3.20. The van der Waals surface area contributed by atoms with E-state index in [1.54, 1.807) is 26.2 Å². The number of aromatic hydroxyl groups is 1. The third-order valence-corrected chi connectivity index (χ3v) is 2.54. The molecule has 0 aliphatic rings. The van der Waals surface area contributed by atoms with Crippen molar-refractivity contribution in [2.75, 3.05) is 14.1 Å². The Morgan fingerprint density at radius 1 is 1.53 bits per heavy atom. The molecule has 0 aliphatic heterocycles. The van der Waals surface area contributed by atoms with Crippen LogP contribution < -0.4 is 0 Å². The van der Waals surface area contributed by atoms with E-state index in [1.807, 2.05) is 6.07 Å². The SMILES string of the molecule is CN(C)C(=O)/C(C#N)=C\c1cc(Br)ccc1O. The first-order chi connectivity index (χ1) is 7.95. The maximum Gasteiger partial charge on any atom is 0.264 e. The number of phenols is 1. The number of benzene rings is 1. The lowest BCUT2D eigenvalue weighted by molar-refractivity contribution is -0.124. The van der Waals surface area contributed by atoms with Crippen LogP contribution in [0.25, 0.3) is 6.08 Å². The first-order valence-corrected chi connectivity index (χ1v) is 5.57. The monoisotopic (exact) mass is 294 g/mol. The van der Waals surface area contributed by atoms with Gasteiger partial charge in [0.15, 0.2) is 0 Å². The number of rotatable bonds is 2. The zero-order valence-corrected chi connectivity index (χ0v) is 11.0. The fraction of sp³-hybridized carbons (Fsp3) is 0.167. The van der Waals surface area contributed by atoms with Crippen LogP contribution in [-0.4, -0.2) is 30.0 Å². The van der Waals surface area contributed by atoms with Gasteiger partial charge in [-0.15, -0.1) is 0 Å². The molecule has 4 nitrogen and oxygen atoms in total. The van der Waals surface area contributed by atoms with E-state index in [9.17, 15) is 9.90 Å². The molecule has 0 heterocycles. The van der Waals surface area contributed by atoms with E-state index >= 15 is 0 Å². The van der Waals surface area contributed by atoms with Crippen molar-refractivity contribution in [3.63, 3.8) is 0 Å². The molecule has 0 bridgehead atoms. The Hall–Kier alpha value is -1.80. The molecule has 1 aromatic carbocycles. The van der Waals surface area contributed by atoms with Crippen molar-refractivity contribution in [2.24, 2.45) is 0 Å². The predicted octanol–water partition coefficient (Wildman–Crippen LogP) is 2.15. The Labute approximate surface area is 108 Å². The van der Waals surface area contributed by atoms with E-state index in [2.05, 4.69) is 15.9 Å². The number of nitriles is 1. The second kappa shape index (κ2) is 5.51. The maximum absolute atomic E-state index is 11.6. The molecule has 17 heavy (non-hydrogen) atoms. The number of hydrogen-bond acceptors (Lipinski definition) is 3. The van der Waals surface area contributed by atoms with Gasteiger partial charge in [-0.2, -0.15) is 5.26 Å². The molecule has 88 valence electrons. The van der Waals surface area contributed by atoms with E-state index in [4.69, 9.17) is 5.26 Å². The normalized spacial score (nSPS) is 10.8. The summed E-state index contributed by atoms with van der Waals surface area (Å²) in [5.74, 6) is -0.376. The molecule has 0 atom stereocenters. The average molecular weight is 295 g/mol. The molecular formula is C12H11BrN2O2. The molecule has 0 saturated carbocycles. The third kappa shape index (κ3) is 3.33. The van der Waals surface area contributed by atoms with Crippen LogP contribution in [0.4, 0.5) is 0 Å². The van der Waals surface area contributed by atoms with Crippen molar-refractivity contribution in [3.05, 3.63) is 33.8 Å². The number of hydrogen-bond donors (Lipinski definition) is 1. The Morgan fingerprint density at radius 3 is 2.71 bits per heavy atom. The lowest BCUT2D eigenvalue weighted by Gasteiger charge is -2.09. The fourth-order valence-corrected chi connectivity index (χ4v) is 1.56. The minimum absolute atomic E-state index is 0.0208.